The third-order valence-electron chi connectivity index (χ3n) is 4.22. The molecule has 0 spiro atoms. The number of rotatable bonds is 7. The maximum Gasteiger partial charge on any atom is 0.191 e. The molecule has 2 N–H and O–H groups in total. The van der Waals surface area contributed by atoms with Gasteiger partial charge in [-0.05, 0) is 30.9 Å². The lowest BCUT2D eigenvalue weighted by atomic mass is 10.2. The van der Waals surface area contributed by atoms with Crippen LogP contribution in [0, 0.1) is 11.7 Å². The van der Waals surface area contributed by atoms with Gasteiger partial charge in [0.25, 0.3) is 0 Å². The maximum atomic E-state index is 13.7. The molecule has 0 bridgehead atoms. The molecular formula is C20H24FN3O. The SMILES string of the molecule is CN=C(NCc1ccccc1F)NCc1ccccc1OCC1CC1. The van der Waals surface area contributed by atoms with Gasteiger partial charge in [0.2, 0.25) is 0 Å². The van der Waals surface area contributed by atoms with E-state index in [1.807, 2.05) is 30.3 Å². The van der Waals surface area contributed by atoms with Gasteiger partial charge >= 0.3 is 0 Å². The highest BCUT2D eigenvalue weighted by molar-refractivity contribution is 5.79. The highest BCUT2D eigenvalue weighted by Crippen LogP contribution is 2.30. The Morgan fingerprint density at radius 2 is 1.68 bits per heavy atom. The summed E-state index contributed by atoms with van der Waals surface area (Å²) in [6, 6.07) is 14.7. The van der Waals surface area contributed by atoms with Crippen molar-refractivity contribution in [1.29, 1.82) is 0 Å². The Bertz CT molecular complexity index is 728. The normalized spacial score (nSPS) is 14.2. The largest absolute Gasteiger partial charge is 0.493 e. The van der Waals surface area contributed by atoms with Gasteiger partial charge in [-0.2, -0.15) is 0 Å². The fraction of sp³-hybridized carbons (Fsp3) is 0.350. The van der Waals surface area contributed by atoms with Gasteiger partial charge in [-0.3, -0.25) is 4.99 Å². The topological polar surface area (TPSA) is 45.7 Å². The first-order valence-corrected chi connectivity index (χ1v) is 8.65. The summed E-state index contributed by atoms with van der Waals surface area (Å²) in [5.74, 6) is 2.03. The lowest BCUT2D eigenvalue weighted by Gasteiger charge is -2.15. The summed E-state index contributed by atoms with van der Waals surface area (Å²) >= 11 is 0. The Kier molecular flexibility index (Phi) is 5.88. The average Bonchev–Trinajstić information content (AvgIpc) is 3.46. The Morgan fingerprint density at radius 1 is 1.04 bits per heavy atom. The zero-order valence-electron chi connectivity index (χ0n) is 14.5. The summed E-state index contributed by atoms with van der Waals surface area (Å²) in [7, 11) is 1.70. The van der Waals surface area contributed by atoms with Gasteiger partial charge in [-0.15, -0.1) is 0 Å². The number of halogens is 1. The van der Waals surface area contributed by atoms with Crippen LogP contribution in [0.1, 0.15) is 24.0 Å². The molecule has 1 saturated carbocycles. The molecule has 0 heterocycles. The molecule has 0 aromatic heterocycles. The molecule has 1 fully saturated rings. The lowest BCUT2D eigenvalue weighted by Crippen LogP contribution is -2.36. The molecule has 4 nitrogen and oxygen atoms in total. The third kappa shape index (κ3) is 5.21. The highest BCUT2D eigenvalue weighted by Gasteiger charge is 2.22. The van der Waals surface area contributed by atoms with Crippen LogP contribution in [-0.2, 0) is 13.1 Å². The number of guanidine groups is 1. The Balaban J connectivity index is 1.53. The van der Waals surface area contributed by atoms with E-state index in [0.29, 0.717) is 24.6 Å². The second-order valence-electron chi connectivity index (χ2n) is 6.23. The van der Waals surface area contributed by atoms with Crippen molar-refractivity contribution in [3.8, 4) is 5.75 Å². The number of hydrogen-bond donors (Lipinski definition) is 2. The molecule has 1 aliphatic carbocycles. The molecule has 0 saturated heterocycles. The number of nitrogens with one attached hydrogen (secondary N) is 2. The van der Waals surface area contributed by atoms with Crippen LogP contribution < -0.4 is 15.4 Å². The zero-order chi connectivity index (χ0) is 17.5. The summed E-state index contributed by atoms with van der Waals surface area (Å²) in [6.45, 7) is 1.77. The highest BCUT2D eigenvalue weighted by atomic mass is 19.1. The minimum absolute atomic E-state index is 0.218. The zero-order valence-corrected chi connectivity index (χ0v) is 14.5. The number of para-hydroxylation sites is 1. The molecule has 0 unspecified atom stereocenters. The number of ether oxygens (including phenoxy) is 1. The monoisotopic (exact) mass is 341 g/mol. The summed E-state index contributed by atoms with van der Waals surface area (Å²) in [5, 5.41) is 6.39. The van der Waals surface area contributed by atoms with E-state index in [4.69, 9.17) is 4.74 Å². The van der Waals surface area contributed by atoms with Crippen LogP contribution in [0.4, 0.5) is 4.39 Å². The van der Waals surface area contributed by atoms with Crippen molar-refractivity contribution in [3.05, 3.63) is 65.5 Å². The van der Waals surface area contributed by atoms with Crippen LogP contribution in [0.2, 0.25) is 0 Å². The van der Waals surface area contributed by atoms with Gasteiger partial charge in [0.15, 0.2) is 5.96 Å². The van der Waals surface area contributed by atoms with Crippen LogP contribution in [0.25, 0.3) is 0 Å². The molecule has 0 atom stereocenters. The fourth-order valence-corrected chi connectivity index (χ4v) is 2.50. The Hall–Kier alpha value is -2.56. The van der Waals surface area contributed by atoms with Crippen molar-refractivity contribution >= 4 is 5.96 Å². The van der Waals surface area contributed by atoms with Crippen molar-refractivity contribution in [2.75, 3.05) is 13.7 Å². The standard InChI is InChI=1S/C20H24FN3O/c1-22-20(23-12-16-6-2-4-8-18(16)21)24-13-17-7-3-5-9-19(17)25-14-15-10-11-15/h2-9,15H,10-14H2,1H3,(H2,22,23,24). The molecule has 3 rings (SSSR count). The minimum atomic E-state index is -0.218. The molecule has 0 amide bonds. The molecule has 2 aromatic rings. The molecule has 0 radical (unpaired) electrons. The second kappa shape index (κ2) is 8.51. The molecule has 1 aliphatic rings. The van der Waals surface area contributed by atoms with E-state index in [1.54, 1.807) is 19.2 Å². The van der Waals surface area contributed by atoms with E-state index in [0.717, 1.165) is 23.8 Å². The van der Waals surface area contributed by atoms with E-state index >= 15 is 0 Å². The molecule has 5 heteroatoms. The van der Waals surface area contributed by atoms with Crippen LogP contribution in [0.3, 0.4) is 0 Å². The van der Waals surface area contributed by atoms with Crippen LogP contribution in [-0.4, -0.2) is 19.6 Å². The second-order valence-corrected chi connectivity index (χ2v) is 6.23. The van der Waals surface area contributed by atoms with Crippen molar-refractivity contribution in [3.63, 3.8) is 0 Å². The smallest absolute Gasteiger partial charge is 0.191 e. The first-order valence-electron chi connectivity index (χ1n) is 8.65. The van der Waals surface area contributed by atoms with E-state index in [9.17, 15) is 4.39 Å². The van der Waals surface area contributed by atoms with Gasteiger partial charge in [-0.1, -0.05) is 36.4 Å². The van der Waals surface area contributed by atoms with Gasteiger partial charge < -0.3 is 15.4 Å². The van der Waals surface area contributed by atoms with Gasteiger partial charge in [0, 0.05) is 31.3 Å². The number of aliphatic imine (C=N–C) groups is 1. The van der Waals surface area contributed by atoms with Gasteiger partial charge in [-0.25, -0.2) is 4.39 Å². The van der Waals surface area contributed by atoms with Crippen LogP contribution >= 0.6 is 0 Å². The first kappa shape index (κ1) is 17.3. The quantitative estimate of drug-likeness (QED) is 0.599. The summed E-state index contributed by atoms with van der Waals surface area (Å²) in [4.78, 5) is 4.19. The Labute approximate surface area is 148 Å². The van der Waals surface area contributed by atoms with Crippen molar-refractivity contribution < 1.29 is 9.13 Å². The lowest BCUT2D eigenvalue weighted by molar-refractivity contribution is 0.296. The number of hydrogen-bond acceptors (Lipinski definition) is 2. The molecule has 2 aromatic carbocycles. The third-order valence-corrected chi connectivity index (χ3v) is 4.22. The number of nitrogens with zero attached hydrogens (tertiary/aromatic N) is 1. The van der Waals surface area contributed by atoms with Gasteiger partial charge in [0.05, 0.1) is 6.61 Å². The first-order chi connectivity index (χ1) is 12.3. The summed E-state index contributed by atoms with van der Waals surface area (Å²) in [5.41, 5.74) is 1.69. The van der Waals surface area contributed by atoms with Crippen molar-refractivity contribution in [1.82, 2.24) is 10.6 Å². The van der Waals surface area contributed by atoms with Crippen LogP contribution in [0.5, 0.6) is 5.75 Å². The maximum absolute atomic E-state index is 13.7. The van der Waals surface area contributed by atoms with E-state index in [2.05, 4.69) is 15.6 Å². The molecular weight excluding hydrogens is 317 g/mol. The van der Waals surface area contributed by atoms with Crippen molar-refractivity contribution in [2.24, 2.45) is 10.9 Å². The minimum Gasteiger partial charge on any atom is -0.493 e. The van der Waals surface area contributed by atoms with Gasteiger partial charge in [0.1, 0.15) is 11.6 Å². The predicted molar refractivity (Wildman–Crippen MR) is 98.1 cm³/mol. The predicted octanol–water partition coefficient (Wildman–Crippen LogP) is 3.48. The van der Waals surface area contributed by atoms with E-state index in [1.165, 1.54) is 18.9 Å². The Morgan fingerprint density at radius 3 is 2.36 bits per heavy atom. The molecule has 132 valence electrons. The molecule has 0 aliphatic heterocycles. The number of benzene rings is 2. The van der Waals surface area contributed by atoms with Crippen molar-refractivity contribution in [2.45, 2.75) is 25.9 Å². The van der Waals surface area contributed by atoms with E-state index < -0.39 is 0 Å². The summed E-state index contributed by atoms with van der Waals surface area (Å²) in [6.07, 6.45) is 2.54. The summed E-state index contributed by atoms with van der Waals surface area (Å²) < 4.78 is 19.6. The van der Waals surface area contributed by atoms with Crippen LogP contribution in [0.15, 0.2) is 53.5 Å². The average molecular weight is 341 g/mol. The van der Waals surface area contributed by atoms with E-state index in [-0.39, 0.29) is 5.82 Å². The molecule has 25 heavy (non-hydrogen) atoms. The fourth-order valence-electron chi connectivity index (χ4n) is 2.50.